The van der Waals surface area contributed by atoms with Crippen molar-refractivity contribution >= 4 is 28.2 Å². The van der Waals surface area contributed by atoms with E-state index >= 15 is 0 Å². The Labute approximate surface area is 164 Å². The molecule has 1 fully saturated rings. The number of fused-ring (bicyclic) bond motifs is 1. The number of likely N-dealkylation sites (tertiary alicyclic amines) is 1. The molecule has 1 amide bonds. The van der Waals surface area contributed by atoms with Crippen molar-refractivity contribution in [2.24, 2.45) is 11.8 Å². The van der Waals surface area contributed by atoms with Crippen LogP contribution in [0.3, 0.4) is 0 Å². The molecule has 2 aliphatic rings. The second-order valence-electron chi connectivity index (χ2n) is 7.73. The first kappa shape index (κ1) is 20.3. The van der Waals surface area contributed by atoms with Crippen LogP contribution in [0.4, 0.5) is 5.00 Å². The maximum Gasteiger partial charge on any atom is 0.341 e. The van der Waals surface area contributed by atoms with Gasteiger partial charge in [-0.05, 0) is 69.5 Å². The Kier molecular flexibility index (Phi) is 6.89. The van der Waals surface area contributed by atoms with Gasteiger partial charge in [0.2, 0.25) is 5.91 Å². The van der Waals surface area contributed by atoms with E-state index in [0.717, 1.165) is 50.8 Å². The molecule has 0 aromatic carbocycles. The molecule has 0 bridgehead atoms. The molecule has 150 valence electrons. The fraction of sp³-hybridized carbons (Fsp3) is 0.700. The zero-order valence-corrected chi connectivity index (χ0v) is 17.1. The number of ether oxygens (including phenoxy) is 1. The first-order valence-corrected chi connectivity index (χ1v) is 10.8. The highest BCUT2D eigenvalue weighted by Gasteiger charge is 2.29. The quantitative estimate of drug-likeness (QED) is 0.726. The molecule has 1 saturated heterocycles. The third-order valence-electron chi connectivity index (χ3n) is 5.58. The molecule has 0 saturated carbocycles. The van der Waals surface area contributed by atoms with Crippen molar-refractivity contribution in [3.63, 3.8) is 0 Å². The normalized spacial score (nSPS) is 20.9. The van der Waals surface area contributed by atoms with Gasteiger partial charge in [-0.2, -0.15) is 0 Å². The first-order chi connectivity index (χ1) is 13.0. The lowest BCUT2D eigenvalue weighted by atomic mass is 9.88. The molecule has 1 unspecified atom stereocenters. The summed E-state index contributed by atoms with van der Waals surface area (Å²) in [6.07, 6.45) is 4.72. The van der Waals surface area contributed by atoms with E-state index in [1.165, 1.54) is 16.2 Å². The number of anilines is 1. The average molecular weight is 395 g/mol. The SMILES string of the molecule is CCOC(=O)c1c(NC(=O)CN2CCC(CO)CC2)sc2c1CCC(C)C2. The van der Waals surface area contributed by atoms with Gasteiger partial charge in [0.1, 0.15) is 5.00 Å². The Hall–Kier alpha value is -1.44. The largest absolute Gasteiger partial charge is 0.462 e. The van der Waals surface area contributed by atoms with Crippen LogP contribution in [-0.4, -0.2) is 54.7 Å². The van der Waals surface area contributed by atoms with Crippen molar-refractivity contribution in [3.8, 4) is 0 Å². The topological polar surface area (TPSA) is 78.9 Å². The molecule has 3 rings (SSSR count). The van der Waals surface area contributed by atoms with Crippen molar-refractivity contribution in [2.75, 3.05) is 38.2 Å². The maximum absolute atomic E-state index is 12.6. The molecule has 1 atom stereocenters. The summed E-state index contributed by atoms with van der Waals surface area (Å²) in [5.41, 5.74) is 1.63. The predicted octanol–water partition coefficient (Wildman–Crippen LogP) is 2.69. The number of rotatable bonds is 6. The van der Waals surface area contributed by atoms with Crippen molar-refractivity contribution in [2.45, 2.75) is 46.0 Å². The van der Waals surface area contributed by atoms with Gasteiger partial charge in [-0.3, -0.25) is 9.69 Å². The van der Waals surface area contributed by atoms with E-state index in [1.807, 2.05) is 0 Å². The number of carbonyl (C=O) groups excluding carboxylic acids is 2. The second-order valence-corrected chi connectivity index (χ2v) is 8.83. The van der Waals surface area contributed by atoms with Crippen LogP contribution in [-0.2, 0) is 22.4 Å². The van der Waals surface area contributed by atoms with Gasteiger partial charge in [0, 0.05) is 11.5 Å². The minimum Gasteiger partial charge on any atom is -0.462 e. The minimum atomic E-state index is -0.330. The number of carbonyl (C=O) groups is 2. The Morgan fingerprint density at radius 1 is 1.30 bits per heavy atom. The number of nitrogens with one attached hydrogen (secondary N) is 1. The first-order valence-electron chi connectivity index (χ1n) is 9.96. The molecule has 1 aliphatic carbocycles. The number of esters is 1. The number of aliphatic hydroxyl groups is 1. The van der Waals surface area contributed by atoms with Crippen LogP contribution in [0, 0.1) is 11.8 Å². The van der Waals surface area contributed by atoms with Crippen LogP contribution >= 0.6 is 11.3 Å². The third-order valence-corrected chi connectivity index (χ3v) is 6.75. The van der Waals surface area contributed by atoms with Crippen molar-refractivity contribution in [3.05, 3.63) is 16.0 Å². The van der Waals surface area contributed by atoms with E-state index in [4.69, 9.17) is 4.74 Å². The highest BCUT2D eigenvalue weighted by Crippen LogP contribution is 2.40. The van der Waals surface area contributed by atoms with E-state index < -0.39 is 0 Å². The standard InChI is InChI=1S/C20H30N2O4S/c1-3-26-20(25)18-15-5-4-13(2)10-16(15)27-19(18)21-17(24)11-22-8-6-14(12-23)7-9-22/h13-14,23H,3-12H2,1-2H3,(H,21,24). The fourth-order valence-corrected chi connectivity index (χ4v) is 5.37. The monoisotopic (exact) mass is 394 g/mol. The average Bonchev–Trinajstić information content (AvgIpc) is 2.99. The van der Waals surface area contributed by atoms with Gasteiger partial charge in [0.05, 0.1) is 18.7 Å². The summed E-state index contributed by atoms with van der Waals surface area (Å²) >= 11 is 1.53. The smallest absolute Gasteiger partial charge is 0.341 e. The van der Waals surface area contributed by atoms with E-state index in [0.29, 0.717) is 35.6 Å². The minimum absolute atomic E-state index is 0.0883. The summed E-state index contributed by atoms with van der Waals surface area (Å²) in [5, 5.41) is 12.9. The summed E-state index contributed by atoms with van der Waals surface area (Å²) < 4.78 is 5.26. The summed E-state index contributed by atoms with van der Waals surface area (Å²) in [7, 11) is 0. The molecule has 1 aromatic rings. The van der Waals surface area contributed by atoms with E-state index in [1.54, 1.807) is 6.92 Å². The Balaban J connectivity index is 1.70. The summed E-state index contributed by atoms with van der Waals surface area (Å²) in [6, 6.07) is 0. The Bertz CT molecular complexity index is 680. The number of aliphatic hydroxyl groups excluding tert-OH is 1. The number of hydrogen-bond donors (Lipinski definition) is 2. The molecule has 1 aromatic heterocycles. The number of amides is 1. The molecule has 2 heterocycles. The number of thiophene rings is 1. The number of piperidine rings is 1. The van der Waals surface area contributed by atoms with Crippen LogP contribution in [0.2, 0.25) is 0 Å². The Morgan fingerprint density at radius 3 is 2.70 bits per heavy atom. The van der Waals surface area contributed by atoms with Gasteiger partial charge in [-0.15, -0.1) is 11.3 Å². The number of nitrogens with zero attached hydrogens (tertiary/aromatic N) is 1. The van der Waals surface area contributed by atoms with Gasteiger partial charge in [-0.1, -0.05) is 6.92 Å². The zero-order valence-electron chi connectivity index (χ0n) is 16.3. The van der Waals surface area contributed by atoms with E-state index in [-0.39, 0.29) is 18.5 Å². The van der Waals surface area contributed by atoms with Crippen LogP contribution in [0.5, 0.6) is 0 Å². The fourth-order valence-electron chi connectivity index (χ4n) is 3.95. The molecule has 2 N–H and O–H groups in total. The highest BCUT2D eigenvalue weighted by atomic mass is 32.1. The maximum atomic E-state index is 12.6. The van der Waals surface area contributed by atoms with E-state index in [2.05, 4.69) is 17.1 Å². The van der Waals surface area contributed by atoms with Crippen molar-refractivity contribution in [1.29, 1.82) is 0 Å². The molecule has 6 nitrogen and oxygen atoms in total. The van der Waals surface area contributed by atoms with Gasteiger partial charge < -0.3 is 15.2 Å². The van der Waals surface area contributed by atoms with Crippen LogP contribution in [0.1, 0.15) is 53.9 Å². The lowest BCUT2D eigenvalue weighted by Gasteiger charge is -2.30. The lowest BCUT2D eigenvalue weighted by Crippen LogP contribution is -2.39. The van der Waals surface area contributed by atoms with Crippen LogP contribution in [0.15, 0.2) is 0 Å². The van der Waals surface area contributed by atoms with Gasteiger partial charge in [0.25, 0.3) is 0 Å². The van der Waals surface area contributed by atoms with Crippen LogP contribution in [0.25, 0.3) is 0 Å². The Morgan fingerprint density at radius 2 is 2.04 bits per heavy atom. The van der Waals surface area contributed by atoms with Crippen molar-refractivity contribution in [1.82, 2.24) is 4.90 Å². The second kappa shape index (κ2) is 9.17. The molecular weight excluding hydrogens is 364 g/mol. The van der Waals surface area contributed by atoms with Gasteiger partial charge in [0.15, 0.2) is 0 Å². The lowest BCUT2D eigenvalue weighted by molar-refractivity contribution is -0.117. The highest BCUT2D eigenvalue weighted by molar-refractivity contribution is 7.17. The molecule has 0 spiro atoms. The molecule has 7 heteroatoms. The van der Waals surface area contributed by atoms with Gasteiger partial charge >= 0.3 is 5.97 Å². The molecule has 1 aliphatic heterocycles. The molecule has 0 radical (unpaired) electrons. The van der Waals surface area contributed by atoms with E-state index in [9.17, 15) is 14.7 Å². The molecule has 27 heavy (non-hydrogen) atoms. The summed E-state index contributed by atoms with van der Waals surface area (Å²) in [5.74, 6) is 0.534. The summed E-state index contributed by atoms with van der Waals surface area (Å²) in [6.45, 7) is 6.53. The van der Waals surface area contributed by atoms with Gasteiger partial charge in [-0.25, -0.2) is 4.79 Å². The predicted molar refractivity (Wildman–Crippen MR) is 106 cm³/mol. The third kappa shape index (κ3) is 4.89. The molecular formula is C20H30N2O4S. The number of hydrogen-bond acceptors (Lipinski definition) is 6. The van der Waals surface area contributed by atoms with Crippen LogP contribution < -0.4 is 5.32 Å². The zero-order chi connectivity index (χ0) is 19.4. The summed E-state index contributed by atoms with van der Waals surface area (Å²) in [4.78, 5) is 28.4. The van der Waals surface area contributed by atoms with Crippen molar-refractivity contribution < 1.29 is 19.4 Å².